The van der Waals surface area contributed by atoms with E-state index in [4.69, 9.17) is 9.47 Å². The summed E-state index contributed by atoms with van der Waals surface area (Å²) in [5, 5.41) is 5.81. The first-order valence-electron chi connectivity index (χ1n) is 6.93. The second kappa shape index (κ2) is 9.31. The summed E-state index contributed by atoms with van der Waals surface area (Å²) in [4.78, 5) is 11.6. The Hall–Kier alpha value is -1.66. The Labute approximate surface area is 124 Å². The zero-order valence-electron chi connectivity index (χ0n) is 12.7. The van der Waals surface area contributed by atoms with Crippen molar-refractivity contribution in [2.75, 3.05) is 26.9 Å². The van der Waals surface area contributed by atoms with E-state index < -0.39 is 5.82 Å². The smallest absolute Gasteiger partial charge is 0.258 e. The molecule has 2 N–H and O–H groups in total. The van der Waals surface area contributed by atoms with E-state index in [-0.39, 0.29) is 24.3 Å². The molecule has 21 heavy (non-hydrogen) atoms. The van der Waals surface area contributed by atoms with E-state index in [1.54, 1.807) is 19.2 Å². The summed E-state index contributed by atoms with van der Waals surface area (Å²) in [6.07, 6.45) is 0. The van der Waals surface area contributed by atoms with Crippen molar-refractivity contribution in [1.82, 2.24) is 10.6 Å². The third kappa shape index (κ3) is 6.55. The standard InChI is InChI=1S/C15H23FN2O3/c1-11(2)18-14(19)10-21-15-12(5-4-6-13(15)16)9-17-7-8-20-3/h4-6,11,17H,7-10H2,1-3H3,(H,18,19). The highest BCUT2D eigenvalue weighted by molar-refractivity contribution is 5.77. The van der Waals surface area contributed by atoms with E-state index in [2.05, 4.69) is 10.6 Å². The monoisotopic (exact) mass is 298 g/mol. The fraction of sp³-hybridized carbons (Fsp3) is 0.533. The number of benzene rings is 1. The predicted octanol–water partition coefficient (Wildman–Crippen LogP) is 1.47. The van der Waals surface area contributed by atoms with E-state index in [1.807, 2.05) is 13.8 Å². The highest BCUT2D eigenvalue weighted by atomic mass is 19.1. The summed E-state index contributed by atoms with van der Waals surface area (Å²) in [5.74, 6) is -0.633. The highest BCUT2D eigenvalue weighted by Gasteiger charge is 2.12. The van der Waals surface area contributed by atoms with Gasteiger partial charge in [-0.2, -0.15) is 0 Å². The first-order valence-corrected chi connectivity index (χ1v) is 6.93. The summed E-state index contributed by atoms with van der Waals surface area (Å²) < 4.78 is 24.1. The molecular formula is C15H23FN2O3. The van der Waals surface area contributed by atoms with Crippen LogP contribution in [0.1, 0.15) is 19.4 Å². The van der Waals surface area contributed by atoms with Crippen LogP contribution >= 0.6 is 0 Å². The molecule has 0 saturated carbocycles. The normalized spacial score (nSPS) is 10.7. The van der Waals surface area contributed by atoms with E-state index in [1.165, 1.54) is 6.07 Å². The lowest BCUT2D eigenvalue weighted by atomic mass is 10.2. The summed E-state index contributed by atoms with van der Waals surface area (Å²) in [5.41, 5.74) is 0.670. The zero-order valence-corrected chi connectivity index (χ0v) is 12.7. The maximum atomic E-state index is 13.8. The lowest BCUT2D eigenvalue weighted by Gasteiger charge is -2.14. The van der Waals surface area contributed by atoms with Gasteiger partial charge < -0.3 is 20.1 Å². The molecule has 0 aliphatic carbocycles. The maximum absolute atomic E-state index is 13.8. The van der Waals surface area contributed by atoms with Crippen molar-refractivity contribution in [1.29, 1.82) is 0 Å². The number of hydrogen-bond donors (Lipinski definition) is 2. The molecule has 0 unspecified atom stereocenters. The number of para-hydroxylation sites is 1. The van der Waals surface area contributed by atoms with Crippen LogP contribution in [0.25, 0.3) is 0 Å². The minimum atomic E-state index is -0.474. The van der Waals surface area contributed by atoms with E-state index >= 15 is 0 Å². The van der Waals surface area contributed by atoms with Crippen LogP contribution in [0.4, 0.5) is 4.39 Å². The van der Waals surface area contributed by atoms with Crippen LogP contribution in [-0.4, -0.2) is 38.8 Å². The average Bonchev–Trinajstić information content (AvgIpc) is 2.42. The fourth-order valence-electron chi connectivity index (χ4n) is 1.75. The Morgan fingerprint density at radius 2 is 2.14 bits per heavy atom. The molecule has 118 valence electrons. The molecule has 0 radical (unpaired) electrons. The molecule has 0 fully saturated rings. The largest absolute Gasteiger partial charge is 0.480 e. The van der Waals surface area contributed by atoms with E-state index in [9.17, 15) is 9.18 Å². The molecule has 0 heterocycles. The first kappa shape index (κ1) is 17.4. The molecule has 1 amide bonds. The maximum Gasteiger partial charge on any atom is 0.258 e. The van der Waals surface area contributed by atoms with Gasteiger partial charge in [0.05, 0.1) is 6.61 Å². The van der Waals surface area contributed by atoms with Gasteiger partial charge in [0.2, 0.25) is 0 Å². The average molecular weight is 298 g/mol. The quantitative estimate of drug-likeness (QED) is 0.678. The van der Waals surface area contributed by atoms with Gasteiger partial charge >= 0.3 is 0 Å². The lowest BCUT2D eigenvalue weighted by molar-refractivity contribution is -0.123. The molecule has 1 aromatic carbocycles. The molecule has 0 aromatic heterocycles. The van der Waals surface area contributed by atoms with Crippen LogP contribution in [-0.2, 0) is 16.1 Å². The van der Waals surface area contributed by atoms with Crippen LogP contribution in [0.2, 0.25) is 0 Å². The third-order valence-electron chi connectivity index (χ3n) is 2.64. The Bertz CT molecular complexity index is 453. The van der Waals surface area contributed by atoms with Gasteiger partial charge in [0, 0.05) is 31.8 Å². The van der Waals surface area contributed by atoms with Gasteiger partial charge in [0.1, 0.15) is 0 Å². The van der Waals surface area contributed by atoms with Crippen LogP contribution in [0, 0.1) is 5.82 Å². The zero-order chi connectivity index (χ0) is 15.7. The molecular weight excluding hydrogens is 275 g/mol. The molecule has 1 rings (SSSR count). The van der Waals surface area contributed by atoms with Gasteiger partial charge in [-0.05, 0) is 19.9 Å². The van der Waals surface area contributed by atoms with Crippen LogP contribution in [0.3, 0.4) is 0 Å². The molecule has 5 nitrogen and oxygen atoms in total. The summed E-state index contributed by atoms with van der Waals surface area (Å²) >= 11 is 0. The van der Waals surface area contributed by atoms with Gasteiger partial charge in [0.15, 0.2) is 18.2 Å². The summed E-state index contributed by atoms with van der Waals surface area (Å²) in [6.45, 7) is 5.17. The number of halogens is 1. The van der Waals surface area contributed by atoms with Crippen molar-refractivity contribution in [2.24, 2.45) is 0 Å². The first-order chi connectivity index (χ1) is 10.0. The Morgan fingerprint density at radius 1 is 1.38 bits per heavy atom. The van der Waals surface area contributed by atoms with Crippen molar-refractivity contribution in [2.45, 2.75) is 26.4 Å². The van der Waals surface area contributed by atoms with E-state index in [0.717, 1.165) is 0 Å². The van der Waals surface area contributed by atoms with Crippen LogP contribution in [0.5, 0.6) is 5.75 Å². The van der Waals surface area contributed by atoms with Gasteiger partial charge in [0.25, 0.3) is 5.91 Å². The molecule has 6 heteroatoms. The SMILES string of the molecule is COCCNCc1cccc(F)c1OCC(=O)NC(C)C. The number of ether oxygens (including phenoxy) is 2. The van der Waals surface area contributed by atoms with Crippen molar-refractivity contribution in [3.05, 3.63) is 29.6 Å². The van der Waals surface area contributed by atoms with Gasteiger partial charge in [-0.3, -0.25) is 4.79 Å². The van der Waals surface area contributed by atoms with Gasteiger partial charge in [-0.15, -0.1) is 0 Å². The number of nitrogens with one attached hydrogen (secondary N) is 2. The molecule has 0 saturated heterocycles. The molecule has 0 spiro atoms. The minimum Gasteiger partial charge on any atom is -0.480 e. The van der Waals surface area contributed by atoms with Crippen molar-refractivity contribution >= 4 is 5.91 Å². The van der Waals surface area contributed by atoms with Gasteiger partial charge in [-0.25, -0.2) is 4.39 Å². The molecule has 0 atom stereocenters. The summed E-state index contributed by atoms with van der Waals surface area (Å²) in [7, 11) is 1.62. The molecule has 0 aliphatic rings. The Kier molecular flexibility index (Phi) is 7.71. The molecule has 0 bridgehead atoms. The summed E-state index contributed by atoms with van der Waals surface area (Å²) in [6, 6.07) is 4.72. The number of methoxy groups -OCH3 is 1. The van der Waals surface area contributed by atoms with Crippen molar-refractivity contribution in [3.63, 3.8) is 0 Å². The van der Waals surface area contributed by atoms with Crippen LogP contribution in [0.15, 0.2) is 18.2 Å². The highest BCUT2D eigenvalue weighted by Crippen LogP contribution is 2.22. The number of amides is 1. The number of carbonyl (C=O) groups excluding carboxylic acids is 1. The second-order valence-corrected chi connectivity index (χ2v) is 4.91. The van der Waals surface area contributed by atoms with Gasteiger partial charge in [-0.1, -0.05) is 12.1 Å². The van der Waals surface area contributed by atoms with Crippen molar-refractivity contribution < 1.29 is 18.7 Å². The van der Waals surface area contributed by atoms with Crippen LogP contribution < -0.4 is 15.4 Å². The third-order valence-corrected chi connectivity index (χ3v) is 2.64. The number of hydrogen-bond acceptors (Lipinski definition) is 4. The topological polar surface area (TPSA) is 59.6 Å². The minimum absolute atomic E-state index is 0.0249. The molecule has 1 aromatic rings. The lowest BCUT2D eigenvalue weighted by Crippen LogP contribution is -2.34. The predicted molar refractivity (Wildman–Crippen MR) is 78.8 cm³/mol. The fourth-order valence-corrected chi connectivity index (χ4v) is 1.75. The number of carbonyl (C=O) groups is 1. The van der Waals surface area contributed by atoms with Crippen molar-refractivity contribution in [3.8, 4) is 5.75 Å². The Balaban J connectivity index is 2.60. The Morgan fingerprint density at radius 3 is 2.81 bits per heavy atom. The number of rotatable bonds is 9. The molecule has 0 aliphatic heterocycles. The van der Waals surface area contributed by atoms with E-state index in [0.29, 0.717) is 25.3 Å². The second-order valence-electron chi connectivity index (χ2n) is 4.91.